The summed E-state index contributed by atoms with van der Waals surface area (Å²) in [6, 6.07) is 28.7. The average molecular weight is 669 g/mol. The molecule has 7 nitrogen and oxygen atoms in total. The molecule has 0 radical (unpaired) electrons. The largest absolute Gasteiger partial charge is 0.357 e. The number of sulfonamides is 1. The van der Waals surface area contributed by atoms with Gasteiger partial charge in [-0.05, 0) is 60.0 Å². The maximum absolute atomic E-state index is 14.3. The topological polar surface area (TPSA) is 86.8 Å². The van der Waals surface area contributed by atoms with E-state index in [4.69, 9.17) is 11.6 Å². The molecular weight excluding hydrogens is 638 g/mol. The molecule has 0 spiro atoms. The molecule has 0 aliphatic rings. The Balaban J connectivity index is 1.79. The summed E-state index contributed by atoms with van der Waals surface area (Å²) in [6.07, 6.45) is 0.241. The van der Waals surface area contributed by atoms with E-state index in [1.165, 1.54) is 30.1 Å². The Kier molecular flexibility index (Phi) is 10.4. The standard InChI is InChI=1S/C32H31BrClN3O4S/c1-23-13-18-27(20-29(23)34)37(42(40,41)28-11-7-4-8-12-28)22-31(38)36(21-25-14-16-26(33)17-15-25)30(32(39)35-2)19-24-9-5-3-6-10-24/h3-18,20,30H,19,21-22H2,1-2H3,(H,35,39). The van der Waals surface area contributed by atoms with E-state index in [1.54, 1.807) is 30.3 Å². The second-order valence-corrected chi connectivity index (χ2v) is 12.9. The van der Waals surface area contributed by atoms with Gasteiger partial charge in [-0.15, -0.1) is 0 Å². The number of benzene rings is 4. The molecule has 0 bridgehead atoms. The predicted molar refractivity (Wildman–Crippen MR) is 170 cm³/mol. The first-order valence-electron chi connectivity index (χ1n) is 13.2. The van der Waals surface area contributed by atoms with Gasteiger partial charge in [0.25, 0.3) is 10.0 Å². The highest BCUT2D eigenvalue weighted by Crippen LogP contribution is 2.29. The van der Waals surface area contributed by atoms with Crippen molar-refractivity contribution in [2.45, 2.75) is 30.8 Å². The molecule has 10 heteroatoms. The molecule has 0 saturated carbocycles. The zero-order valence-corrected chi connectivity index (χ0v) is 26.4. The van der Waals surface area contributed by atoms with Gasteiger partial charge in [0.05, 0.1) is 10.6 Å². The highest BCUT2D eigenvalue weighted by atomic mass is 79.9. The van der Waals surface area contributed by atoms with Crippen molar-refractivity contribution in [2.24, 2.45) is 0 Å². The Morgan fingerprint density at radius 3 is 2.10 bits per heavy atom. The highest BCUT2D eigenvalue weighted by molar-refractivity contribution is 9.10. The van der Waals surface area contributed by atoms with Gasteiger partial charge >= 0.3 is 0 Å². The maximum Gasteiger partial charge on any atom is 0.264 e. The molecule has 0 aliphatic heterocycles. The lowest BCUT2D eigenvalue weighted by Gasteiger charge is -2.33. The van der Waals surface area contributed by atoms with Crippen molar-refractivity contribution in [3.8, 4) is 0 Å². The van der Waals surface area contributed by atoms with Crippen molar-refractivity contribution < 1.29 is 18.0 Å². The number of aryl methyl sites for hydroxylation is 1. The molecule has 4 aromatic carbocycles. The van der Waals surface area contributed by atoms with Crippen LogP contribution in [0.15, 0.2) is 112 Å². The van der Waals surface area contributed by atoms with E-state index < -0.39 is 28.5 Å². The minimum Gasteiger partial charge on any atom is -0.357 e. The molecule has 0 saturated heterocycles. The van der Waals surface area contributed by atoms with Crippen molar-refractivity contribution in [1.29, 1.82) is 0 Å². The summed E-state index contributed by atoms with van der Waals surface area (Å²) in [5.41, 5.74) is 2.65. The third-order valence-electron chi connectivity index (χ3n) is 6.84. The van der Waals surface area contributed by atoms with Crippen LogP contribution >= 0.6 is 27.5 Å². The molecular formula is C32H31BrClN3O4S. The van der Waals surface area contributed by atoms with Crippen LogP contribution in [0.2, 0.25) is 5.02 Å². The molecule has 4 aromatic rings. The van der Waals surface area contributed by atoms with Gasteiger partial charge in [0.15, 0.2) is 0 Å². The van der Waals surface area contributed by atoms with Gasteiger partial charge in [0.2, 0.25) is 11.8 Å². The molecule has 4 rings (SSSR count). The van der Waals surface area contributed by atoms with E-state index in [-0.39, 0.29) is 29.5 Å². The molecule has 0 aromatic heterocycles. The minimum atomic E-state index is -4.18. The zero-order valence-electron chi connectivity index (χ0n) is 23.2. The van der Waals surface area contributed by atoms with Gasteiger partial charge in [0.1, 0.15) is 12.6 Å². The molecule has 0 aliphatic carbocycles. The average Bonchev–Trinajstić information content (AvgIpc) is 3.00. The third-order valence-corrected chi connectivity index (χ3v) is 9.56. The Morgan fingerprint density at radius 2 is 1.50 bits per heavy atom. The molecule has 0 fully saturated rings. The minimum absolute atomic E-state index is 0.0288. The Labute approximate surface area is 260 Å². The van der Waals surface area contributed by atoms with Gasteiger partial charge in [-0.2, -0.15) is 0 Å². The van der Waals surface area contributed by atoms with E-state index in [0.717, 1.165) is 25.5 Å². The Hall–Kier alpha value is -3.66. The lowest BCUT2D eigenvalue weighted by atomic mass is 10.0. The van der Waals surface area contributed by atoms with Crippen LogP contribution in [-0.4, -0.2) is 44.8 Å². The van der Waals surface area contributed by atoms with Crippen molar-refractivity contribution in [3.05, 3.63) is 129 Å². The number of halogens is 2. The summed E-state index contributed by atoms with van der Waals surface area (Å²) in [5.74, 6) is -0.904. The van der Waals surface area contributed by atoms with Gasteiger partial charge in [0, 0.05) is 29.5 Å². The number of nitrogens with zero attached hydrogens (tertiary/aromatic N) is 2. The Morgan fingerprint density at radius 1 is 0.881 bits per heavy atom. The van der Waals surface area contributed by atoms with Crippen molar-refractivity contribution in [1.82, 2.24) is 10.2 Å². The second-order valence-electron chi connectivity index (χ2n) is 9.73. The van der Waals surface area contributed by atoms with Crippen LogP contribution < -0.4 is 9.62 Å². The van der Waals surface area contributed by atoms with Crippen LogP contribution in [0.5, 0.6) is 0 Å². The summed E-state index contributed by atoms with van der Waals surface area (Å²) < 4.78 is 29.8. The van der Waals surface area contributed by atoms with E-state index in [1.807, 2.05) is 61.5 Å². The smallest absolute Gasteiger partial charge is 0.264 e. The first-order valence-corrected chi connectivity index (χ1v) is 15.8. The van der Waals surface area contributed by atoms with E-state index in [2.05, 4.69) is 21.2 Å². The van der Waals surface area contributed by atoms with E-state index >= 15 is 0 Å². The number of amides is 2. The summed E-state index contributed by atoms with van der Waals surface area (Å²) in [6.45, 7) is 1.35. The van der Waals surface area contributed by atoms with Gasteiger partial charge in [-0.25, -0.2) is 8.42 Å². The van der Waals surface area contributed by atoms with Crippen LogP contribution in [0.25, 0.3) is 0 Å². The fourth-order valence-electron chi connectivity index (χ4n) is 4.49. The van der Waals surface area contributed by atoms with Crippen molar-refractivity contribution >= 4 is 55.1 Å². The van der Waals surface area contributed by atoms with Crippen molar-refractivity contribution in [3.63, 3.8) is 0 Å². The number of carbonyl (C=O) groups is 2. The summed E-state index contributed by atoms with van der Waals surface area (Å²) in [5, 5.41) is 3.05. The van der Waals surface area contributed by atoms with Gasteiger partial charge in [-0.1, -0.05) is 94.3 Å². The fourth-order valence-corrected chi connectivity index (χ4v) is 6.36. The van der Waals surface area contributed by atoms with Gasteiger partial charge in [-0.3, -0.25) is 13.9 Å². The zero-order chi connectivity index (χ0) is 30.3. The predicted octanol–water partition coefficient (Wildman–Crippen LogP) is 5.99. The highest BCUT2D eigenvalue weighted by Gasteiger charge is 2.34. The number of rotatable bonds is 11. The number of likely N-dealkylation sites (N-methyl/N-ethyl adjacent to an activating group) is 1. The first-order chi connectivity index (χ1) is 20.1. The lowest BCUT2D eigenvalue weighted by Crippen LogP contribution is -2.53. The molecule has 218 valence electrons. The van der Waals surface area contributed by atoms with Gasteiger partial charge < -0.3 is 10.2 Å². The molecule has 1 unspecified atom stereocenters. The summed E-state index contributed by atoms with van der Waals surface area (Å²) >= 11 is 9.83. The maximum atomic E-state index is 14.3. The number of hydrogen-bond donors (Lipinski definition) is 1. The number of nitrogens with one attached hydrogen (secondary N) is 1. The lowest BCUT2D eigenvalue weighted by molar-refractivity contribution is -0.139. The molecule has 1 N–H and O–H groups in total. The molecule has 1 atom stereocenters. The number of carbonyl (C=O) groups excluding carboxylic acids is 2. The molecule has 42 heavy (non-hydrogen) atoms. The second kappa shape index (κ2) is 14.0. The third kappa shape index (κ3) is 7.59. The first kappa shape index (κ1) is 31.3. The van der Waals surface area contributed by atoms with Crippen LogP contribution in [0.4, 0.5) is 5.69 Å². The summed E-state index contributed by atoms with van der Waals surface area (Å²) in [7, 11) is -2.66. The van der Waals surface area contributed by atoms with Crippen LogP contribution in [0.1, 0.15) is 16.7 Å². The van der Waals surface area contributed by atoms with Crippen LogP contribution in [0, 0.1) is 6.92 Å². The van der Waals surface area contributed by atoms with Crippen LogP contribution in [0.3, 0.4) is 0 Å². The molecule has 0 heterocycles. The summed E-state index contributed by atoms with van der Waals surface area (Å²) in [4.78, 5) is 29.1. The number of hydrogen-bond acceptors (Lipinski definition) is 4. The normalized spacial score (nSPS) is 11.9. The quantitative estimate of drug-likeness (QED) is 0.213. The van der Waals surface area contributed by atoms with Crippen molar-refractivity contribution in [2.75, 3.05) is 17.9 Å². The SMILES string of the molecule is CNC(=O)C(Cc1ccccc1)N(Cc1ccc(Br)cc1)C(=O)CN(c1ccc(C)c(Cl)c1)S(=O)(=O)c1ccccc1. The number of anilines is 1. The Bertz CT molecular complexity index is 1640. The van der Waals surface area contributed by atoms with E-state index in [9.17, 15) is 18.0 Å². The molecule has 2 amide bonds. The van der Waals surface area contributed by atoms with E-state index in [0.29, 0.717) is 5.02 Å². The monoisotopic (exact) mass is 667 g/mol. The van der Waals surface area contributed by atoms with Crippen LogP contribution in [-0.2, 0) is 32.6 Å². The fraction of sp³-hybridized carbons (Fsp3) is 0.188.